The molecule has 2 heterocycles. The Hall–Kier alpha value is -1.84. The maximum absolute atomic E-state index is 5.25. The normalized spacial score (nSPS) is 10.2. The summed E-state index contributed by atoms with van der Waals surface area (Å²) in [5.41, 5.74) is 0.751. The van der Waals surface area contributed by atoms with E-state index >= 15 is 0 Å². The molecule has 0 unspecified atom stereocenters. The fraction of sp³-hybridized carbons (Fsp3) is 0.273. The highest BCUT2D eigenvalue weighted by Crippen LogP contribution is 2.17. The van der Waals surface area contributed by atoms with Crippen LogP contribution in [-0.4, -0.2) is 16.5 Å². The molecule has 78 valence electrons. The summed E-state index contributed by atoms with van der Waals surface area (Å²) in [7, 11) is 0. The second-order valence-corrected chi connectivity index (χ2v) is 3.19. The maximum atomic E-state index is 5.25. The number of nitrogens with zero attached hydrogens (tertiary/aromatic N) is 2. The van der Waals surface area contributed by atoms with E-state index in [1.54, 1.807) is 18.7 Å². The van der Waals surface area contributed by atoms with Crippen molar-refractivity contribution in [1.29, 1.82) is 0 Å². The molecule has 2 aromatic heterocycles. The van der Waals surface area contributed by atoms with Gasteiger partial charge >= 0.3 is 0 Å². The van der Waals surface area contributed by atoms with Crippen LogP contribution in [0.1, 0.15) is 13.3 Å². The van der Waals surface area contributed by atoms with Crippen LogP contribution >= 0.6 is 0 Å². The molecule has 0 amide bonds. The summed E-state index contributed by atoms with van der Waals surface area (Å²) in [6, 6.07) is 3.71. The first kappa shape index (κ1) is 9.71. The van der Waals surface area contributed by atoms with E-state index in [4.69, 9.17) is 4.42 Å². The van der Waals surface area contributed by atoms with Crippen LogP contribution < -0.4 is 5.32 Å². The van der Waals surface area contributed by atoms with Crippen molar-refractivity contribution in [3.05, 3.63) is 30.8 Å². The summed E-state index contributed by atoms with van der Waals surface area (Å²) in [5.74, 6) is 1.52. The number of nitrogens with one attached hydrogen (secondary N) is 1. The van der Waals surface area contributed by atoms with Crippen LogP contribution in [-0.2, 0) is 0 Å². The molecule has 0 aliphatic heterocycles. The molecule has 0 saturated heterocycles. The lowest BCUT2D eigenvalue weighted by molar-refractivity contribution is 0.579. The Balaban J connectivity index is 2.19. The number of anilines is 1. The SMILES string of the molecule is CCCNc1cncc(-c2ccco2)n1. The van der Waals surface area contributed by atoms with Gasteiger partial charge in [0.15, 0.2) is 5.76 Å². The van der Waals surface area contributed by atoms with Crippen molar-refractivity contribution in [2.75, 3.05) is 11.9 Å². The van der Waals surface area contributed by atoms with E-state index in [9.17, 15) is 0 Å². The predicted octanol–water partition coefficient (Wildman–Crippen LogP) is 2.56. The fourth-order valence-corrected chi connectivity index (χ4v) is 1.25. The summed E-state index contributed by atoms with van der Waals surface area (Å²) in [4.78, 5) is 8.49. The topological polar surface area (TPSA) is 51.0 Å². The number of rotatable bonds is 4. The van der Waals surface area contributed by atoms with Crippen molar-refractivity contribution >= 4 is 5.82 Å². The van der Waals surface area contributed by atoms with Gasteiger partial charge in [-0.3, -0.25) is 4.98 Å². The Morgan fingerprint density at radius 1 is 1.40 bits per heavy atom. The van der Waals surface area contributed by atoms with Crippen molar-refractivity contribution in [3.63, 3.8) is 0 Å². The summed E-state index contributed by atoms with van der Waals surface area (Å²) < 4.78 is 5.25. The summed E-state index contributed by atoms with van der Waals surface area (Å²) in [5, 5.41) is 3.18. The van der Waals surface area contributed by atoms with Crippen LogP contribution in [0.15, 0.2) is 35.2 Å². The Morgan fingerprint density at radius 2 is 2.33 bits per heavy atom. The molecule has 0 radical (unpaired) electrons. The van der Waals surface area contributed by atoms with Crippen molar-refractivity contribution in [3.8, 4) is 11.5 Å². The molecule has 0 saturated carbocycles. The smallest absolute Gasteiger partial charge is 0.153 e. The van der Waals surface area contributed by atoms with Crippen LogP contribution in [0.2, 0.25) is 0 Å². The van der Waals surface area contributed by atoms with E-state index in [1.807, 2.05) is 12.1 Å². The lowest BCUT2D eigenvalue weighted by Crippen LogP contribution is -2.02. The van der Waals surface area contributed by atoms with Gasteiger partial charge in [-0.15, -0.1) is 0 Å². The molecule has 15 heavy (non-hydrogen) atoms. The van der Waals surface area contributed by atoms with E-state index in [-0.39, 0.29) is 0 Å². The predicted molar refractivity (Wildman–Crippen MR) is 58.5 cm³/mol. The highest BCUT2D eigenvalue weighted by molar-refractivity contribution is 5.53. The highest BCUT2D eigenvalue weighted by atomic mass is 16.3. The second kappa shape index (κ2) is 4.59. The molecule has 0 spiro atoms. The van der Waals surface area contributed by atoms with Crippen LogP contribution in [0, 0.1) is 0 Å². The van der Waals surface area contributed by atoms with Gasteiger partial charge in [0.1, 0.15) is 11.5 Å². The van der Waals surface area contributed by atoms with E-state index < -0.39 is 0 Å². The molecular formula is C11H13N3O. The summed E-state index contributed by atoms with van der Waals surface area (Å²) in [6.45, 7) is 3.01. The van der Waals surface area contributed by atoms with E-state index in [0.29, 0.717) is 0 Å². The third-order valence-corrected chi connectivity index (χ3v) is 1.96. The molecule has 2 rings (SSSR count). The van der Waals surface area contributed by atoms with E-state index in [1.165, 1.54) is 0 Å². The molecule has 0 aliphatic carbocycles. The summed E-state index contributed by atoms with van der Waals surface area (Å²) in [6.07, 6.45) is 6.09. The average molecular weight is 203 g/mol. The van der Waals surface area contributed by atoms with Crippen LogP contribution in [0.25, 0.3) is 11.5 Å². The molecule has 1 N–H and O–H groups in total. The molecule has 2 aromatic rings. The largest absolute Gasteiger partial charge is 0.463 e. The van der Waals surface area contributed by atoms with Gasteiger partial charge in [-0.1, -0.05) is 6.92 Å². The molecular weight excluding hydrogens is 190 g/mol. The lowest BCUT2D eigenvalue weighted by Gasteiger charge is -2.03. The van der Waals surface area contributed by atoms with Gasteiger partial charge in [-0.05, 0) is 18.6 Å². The molecule has 0 aromatic carbocycles. The third kappa shape index (κ3) is 2.34. The minimum absolute atomic E-state index is 0.739. The maximum Gasteiger partial charge on any atom is 0.153 e. The van der Waals surface area contributed by atoms with Crippen molar-refractivity contribution < 1.29 is 4.42 Å². The molecule has 0 atom stereocenters. The first-order valence-corrected chi connectivity index (χ1v) is 5.00. The number of hydrogen-bond donors (Lipinski definition) is 1. The van der Waals surface area contributed by atoms with Gasteiger partial charge in [0.2, 0.25) is 0 Å². The second-order valence-electron chi connectivity index (χ2n) is 3.19. The molecule has 0 bridgehead atoms. The quantitative estimate of drug-likeness (QED) is 0.829. The monoisotopic (exact) mass is 203 g/mol. The first-order valence-electron chi connectivity index (χ1n) is 5.00. The van der Waals surface area contributed by atoms with Gasteiger partial charge in [0, 0.05) is 6.54 Å². The third-order valence-electron chi connectivity index (χ3n) is 1.96. The first-order chi connectivity index (χ1) is 7.40. The van der Waals surface area contributed by atoms with Gasteiger partial charge in [-0.25, -0.2) is 4.98 Å². The zero-order chi connectivity index (χ0) is 10.5. The number of hydrogen-bond acceptors (Lipinski definition) is 4. The van der Waals surface area contributed by atoms with E-state index in [0.717, 1.165) is 30.2 Å². The molecule has 0 aliphatic rings. The van der Waals surface area contributed by atoms with Gasteiger partial charge < -0.3 is 9.73 Å². The standard InChI is InChI=1S/C11H13N3O/c1-2-5-13-11-8-12-7-9(14-11)10-4-3-6-15-10/h3-4,6-8H,2,5H2,1H3,(H,13,14). The van der Waals surface area contributed by atoms with E-state index in [2.05, 4.69) is 22.2 Å². The average Bonchev–Trinajstić information content (AvgIpc) is 2.80. The highest BCUT2D eigenvalue weighted by Gasteiger charge is 2.03. The Labute approximate surface area is 88.4 Å². The Bertz CT molecular complexity index is 412. The van der Waals surface area contributed by atoms with Gasteiger partial charge in [0.05, 0.1) is 18.7 Å². The number of aromatic nitrogens is 2. The zero-order valence-corrected chi connectivity index (χ0v) is 8.60. The zero-order valence-electron chi connectivity index (χ0n) is 8.60. The van der Waals surface area contributed by atoms with Crippen LogP contribution in [0.4, 0.5) is 5.82 Å². The minimum Gasteiger partial charge on any atom is -0.463 e. The van der Waals surface area contributed by atoms with Crippen molar-refractivity contribution in [2.24, 2.45) is 0 Å². The lowest BCUT2D eigenvalue weighted by atomic mass is 10.3. The Kier molecular flexibility index (Phi) is 2.97. The minimum atomic E-state index is 0.739. The molecule has 4 heteroatoms. The fourth-order valence-electron chi connectivity index (χ4n) is 1.25. The number of furan rings is 1. The van der Waals surface area contributed by atoms with Crippen LogP contribution in [0.3, 0.4) is 0 Å². The van der Waals surface area contributed by atoms with Gasteiger partial charge in [0.25, 0.3) is 0 Å². The molecule has 0 fully saturated rings. The Morgan fingerprint density at radius 3 is 3.07 bits per heavy atom. The van der Waals surface area contributed by atoms with Crippen LogP contribution in [0.5, 0.6) is 0 Å². The van der Waals surface area contributed by atoms with Crippen molar-refractivity contribution in [2.45, 2.75) is 13.3 Å². The van der Waals surface area contributed by atoms with Gasteiger partial charge in [-0.2, -0.15) is 0 Å². The van der Waals surface area contributed by atoms with Crippen molar-refractivity contribution in [1.82, 2.24) is 9.97 Å². The molecule has 4 nitrogen and oxygen atoms in total. The summed E-state index contributed by atoms with van der Waals surface area (Å²) >= 11 is 0.